The first-order valence-electron chi connectivity index (χ1n) is 8.83. The number of hydrogen-bond acceptors (Lipinski definition) is 3. The highest BCUT2D eigenvalue weighted by Gasteiger charge is 2.18. The molecule has 1 unspecified atom stereocenters. The summed E-state index contributed by atoms with van der Waals surface area (Å²) in [5.41, 5.74) is 3.66. The van der Waals surface area contributed by atoms with Crippen molar-refractivity contribution >= 4 is 16.8 Å². The third-order valence-electron chi connectivity index (χ3n) is 4.69. The van der Waals surface area contributed by atoms with Gasteiger partial charge in [-0.1, -0.05) is 48.5 Å². The van der Waals surface area contributed by atoms with Crippen molar-refractivity contribution in [1.82, 2.24) is 15.4 Å². The highest BCUT2D eigenvalue weighted by molar-refractivity contribution is 5.84. The average Bonchev–Trinajstić information content (AvgIpc) is 3.11. The second kappa shape index (κ2) is 8.65. The van der Waals surface area contributed by atoms with E-state index in [1.54, 1.807) is 7.05 Å². The van der Waals surface area contributed by atoms with Gasteiger partial charge >= 0.3 is 0 Å². The summed E-state index contributed by atoms with van der Waals surface area (Å²) in [6, 6.07) is 18.8. The van der Waals surface area contributed by atoms with Crippen LogP contribution in [0.1, 0.15) is 23.5 Å². The molecule has 2 N–H and O–H groups in total. The molecular formula is C21H25N3O2. The lowest BCUT2D eigenvalue weighted by molar-refractivity contribution is -0.168. The summed E-state index contributed by atoms with van der Waals surface area (Å²) in [6.45, 7) is 1.37. The van der Waals surface area contributed by atoms with Gasteiger partial charge in [0.05, 0.1) is 7.11 Å². The number of aromatic nitrogens is 1. The fourth-order valence-corrected chi connectivity index (χ4v) is 3.18. The Bertz CT molecular complexity index is 845. The first kappa shape index (κ1) is 18.2. The van der Waals surface area contributed by atoms with Crippen LogP contribution < -0.4 is 5.32 Å². The van der Waals surface area contributed by atoms with Gasteiger partial charge in [0, 0.05) is 49.6 Å². The Balaban J connectivity index is 1.74. The molecule has 3 aromatic rings. The highest BCUT2D eigenvalue weighted by atomic mass is 16.7. The van der Waals surface area contributed by atoms with Crippen LogP contribution in [0.3, 0.4) is 0 Å². The maximum Gasteiger partial charge on any atom is 0.247 e. The zero-order valence-electron chi connectivity index (χ0n) is 15.2. The number of hydrogen-bond donors (Lipinski definition) is 2. The fourth-order valence-electron chi connectivity index (χ4n) is 3.18. The van der Waals surface area contributed by atoms with E-state index in [0.717, 1.165) is 12.1 Å². The van der Waals surface area contributed by atoms with Crippen LogP contribution in [-0.2, 0) is 9.63 Å². The van der Waals surface area contributed by atoms with Gasteiger partial charge in [-0.3, -0.25) is 9.63 Å². The van der Waals surface area contributed by atoms with E-state index < -0.39 is 0 Å². The molecule has 2 aromatic carbocycles. The van der Waals surface area contributed by atoms with Gasteiger partial charge in [0.2, 0.25) is 5.91 Å². The molecule has 0 aliphatic carbocycles. The Morgan fingerprint density at radius 1 is 1.15 bits per heavy atom. The molecular weight excluding hydrogens is 326 g/mol. The topological polar surface area (TPSA) is 57.4 Å². The first-order chi connectivity index (χ1) is 12.7. The van der Waals surface area contributed by atoms with Crippen LogP contribution in [0, 0.1) is 0 Å². The van der Waals surface area contributed by atoms with Crippen molar-refractivity contribution in [2.45, 2.75) is 12.3 Å². The Hall–Kier alpha value is -2.63. The molecule has 0 bridgehead atoms. The van der Waals surface area contributed by atoms with Crippen molar-refractivity contribution < 1.29 is 9.63 Å². The number of nitrogens with zero attached hydrogens (tertiary/aromatic N) is 1. The summed E-state index contributed by atoms with van der Waals surface area (Å²) >= 11 is 0. The lowest BCUT2D eigenvalue weighted by atomic mass is 9.91. The van der Waals surface area contributed by atoms with Crippen LogP contribution in [-0.4, -0.2) is 43.2 Å². The third kappa shape index (κ3) is 4.12. The molecule has 0 aliphatic rings. The van der Waals surface area contributed by atoms with E-state index in [1.807, 2.05) is 12.1 Å². The Labute approximate surface area is 153 Å². The van der Waals surface area contributed by atoms with Crippen molar-refractivity contribution in [3.8, 4) is 0 Å². The van der Waals surface area contributed by atoms with Gasteiger partial charge in [-0.25, -0.2) is 5.06 Å². The van der Waals surface area contributed by atoms with Crippen LogP contribution in [0.4, 0.5) is 0 Å². The number of H-pyrrole nitrogens is 1. The van der Waals surface area contributed by atoms with Crippen LogP contribution in [0.25, 0.3) is 10.9 Å². The molecule has 0 saturated carbocycles. The zero-order valence-corrected chi connectivity index (χ0v) is 15.2. The van der Waals surface area contributed by atoms with Crippen LogP contribution in [0.5, 0.6) is 0 Å². The standard InChI is InChI=1S/C21H25N3O2/c1-24(26-2)21(25)12-13-22-14-18(16-8-4-3-5-9-16)19-15-23-20-11-7-6-10-17(19)20/h3-11,15,18,22-23H,12-14H2,1-2H3. The second-order valence-electron chi connectivity index (χ2n) is 6.28. The fraction of sp³-hybridized carbons (Fsp3) is 0.286. The van der Waals surface area contributed by atoms with E-state index in [4.69, 9.17) is 4.84 Å². The molecule has 0 aliphatic heterocycles. The number of benzene rings is 2. The number of carbonyl (C=O) groups excluding carboxylic acids is 1. The minimum Gasteiger partial charge on any atom is -0.361 e. The third-order valence-corrected chi connectivity index (χ3v) is 4.69. The number of amides is 1. The predicted molar refractivity (Wildman–Crippen MR) is 104 cm³/mol. The molecule has 1 atom stereocenters. The molecule has 1 aromatic heterocycles. The van der Waals surface area contributed by atoms with Gasteiger partial charge in [0.15, 0.2) is 0 Å². The molecule has 26 heavy (non-hydrogen) atoms. The van der Waals surface area contributed by atoms with Crippen molar-refractivity contribution in [1.29, 1.82) is 0 Å². The number of hydroxylamine groups is 2. The predicted octanol–water partition coefficient (Wildman–Crippen LogP) is 3.30. The van der Waals surface area contributed by atoms with Crippen LogP contribution in [0.2, 0.25) is 0 Å². The zero-order chi connectivity index (χ0) is 18.4. The van der Waals surface area contributed by atoms with Gasteiger partial charge in [-0.2, -0.15) is 0 Å². The van der Waals surface area contributed by atoms with Crippen molar-refractivity contribution in [3.05, 3.63) is 71.9 Å². The Kier molecular flexibility index (Phi) is 6.04. The number of para-hydroxylation sites is 1. The van der Waals surface area contributed by atoms with Gasteiger partial charge in [-0.15, -0.1) is 0 Å². The Morgan fingerprint density at radius 3 is 2.65 bits per heavy atom. The van der Waals surface area contributed by atoms with Gasteiger partial charge in [-0.05, 0) is 17.2 Å². The first-order valence-corrected chi connectivity index (χ1v) is 8.83. The molecule has 5 heteroatoms. The van der Waals surface area contributed by atoms with Crippen LogP contribution in [0.15, 0.2) is 60.8 Å². The van der Waals surface area contributed by atoms with Crippen molar-refractivity contribution in [3.63, 3.8) is 0 Å². The quantitative estimate of drug-likeness (QED) is 0.484. The number of fused-ring (bicyclic) bond motifs is 1. The second-order valence-corrected chi connectivity index (χ2v) is 6.28. The maximum atomic E-state index is 11.8. The maximum absolute atomic E-state index is 11.8. The molecule has 136 valence electrons. The minimum absolute atomic E-state index is 0.0386. The van der Waals surface area contributed by atoms with E-state index in [1.165, 1.54) is 28.7 Å². The summed E-state index contributed by atoms with van der Waals surface area (Å²) in [5.74, 6) is 0.172. The molecule has 3 rings (SSSR count). The average molecular weight is 351 g/mol. The smallest absolute Gasteiger partial charge is 0.247 e. The Morgan fingerprint density at radius 2 is 1.88 bits per heavy atom. The highest BCUT2D eigenvalue weighted by Crippen LogP contribution is 2.30. The molecule has 0 fully saturated rings. The summed E-state index contributed by atoms with van der Waals surface area (Å²) in [4.78, 5) is 20.1. The SMILES string of the molecule is CON(C)C(=O)CCNCC(c1ccccc1)c1c[nH]c2ccccc12. The van der Waals surface area contributed by atoms with Gasteiger partial charge in [0.1, 0.15) is 0 Å². The van der Waals surface area contributed by atoms with E-state index >= 15 is 0 Å². The molecule has 0 spiro atoms. The van der Waals surface area contributed by atoms with Crippen molar-refractivity contribution in [2.24, 2.45) is 0 Å². The van der Waals surface area contributed by atoms with Gasteiger partial charge in [0.25, 0.3) is 0 Å². The summed E-state index contributed by atoms with van der Waals surface area (Å²) in [7, 11) is 3.12. The molecule has 5 nitrogen and oxygen atoms in total. The molecule has 1 amide bonds. The summed E-state index contributed by atoms with van der Waals surface area (Å²) in [5, 5.41) is 5.92. The van der Waals surface area contributed by atoms with E-state index in [9.17, 15) is 4.79 Å². The number of rotatable bonds is 8. The molecule has 0 radical (unpaired) electrons. The lowest BCUT2D eigenvalue weighted by Gasteiger charge is -2.19. The van der Waals surface area contributed by atoms with E-state index in [0.29, 0.717) is 13.0 Å². The molecule has 1 heterocycles. The monoisotopic (exact) mass is 351 g/mol. The van der Waals surface area contributed by atoms with Crippen molar-refractivity contribution in [2.75, 3.05) is 27.2 Å². The van der Waals surface area contributed by atoms with E-state index in [-0.39, 0.29) is 11.8 Å². The summed E-state index contributed by atoms with van der Waals surface area (Å²) in [6.07, 6.45) is 2.49. The normalized spacial score (nSPS) is 12.2. The van der Waals surface area contributed by atoms with Crippen LogP contribution >= 0.6 is 0 Å². The number of aromatic amines is 1. The minimum atomic E-state index is -0.0386. The molecule has 0 saturated heterocycles. The largest absolute Gasteiger partial charge is 0.361 e. The van der Waals surface area contributed by atoms with E-state index in [2.05, 4.69) is 59.0 Å². The lowest BCUT2D eigenvalue weighted by Crippen LogP contribution is -2.30. The number of nitrogens with one attached hydrogen (secondary N) is 2. The van der Waals surface area contributed by atoms with Gasteiger partial charge < -0.3 is 10.3 Å². The number of carbonyl (C=O) groups is 1. The summed E-state index contributed by atoms with van der Waals surface area (Å²) < 4.78 is 0.